The maximum absolute atomic E-state index is 12.7. The molecule has 0 saturated carbocycles. The van der Waals surface area contributed by atoms with E-state index >= 15 is 0 Å². The Bertz CT molecular complexity index is 1350. The van der Waals surface area contributed by atoms with Gasteiger partial charge in [-0.3, -0.25) is 9.59 Å². The van der Waals surface area contributed by atoms with Crippen LogP contribution in [0.3, 0.4) is 0 Å². The first-order valence-electron chi connectivity index (χ1n) is 11.4. The predicted molar refractivity (Wildman–Crippen MR) is 136 cm³/mol. The molecule has 192 valence electrons. The molecule has 0 saturated heterocycles. The van der Waals surface area contributed by atoms with E-state index in [0.29, 0.717) is 64.2 Å². The van der Waals surface area contributed by atoms with Gasteiger partial charge < -0.3 is 35.8 Å². The highest BCUT2D eigenvalue weighted by Crippen LogP contribution is 2.35. The maximum atomic E-state index is 12.7. The number of nitrogens with zero attached hydrogens (tertiary/aromatic N) is 2. The van der Waals surface area contributed by atoms with E-state index in [1.54, 1.807) is 56.8 Å². The number of fused-ring (bicyclic) bond motifs is 3. The first-order chi connectivity index (χ1) is 17.9. The number of hydrogen-bond acceptors (Lipinski definition) is 8. The minimum Gasteiger partial charge on any atom is -0.493 e. The number of anilines is 3. The Labute approximate surface area is 212 Å². The highest BCUT2D eigenvalue weighted by atomic mass is 16.5. The normalized spacial score (nSPS) is 11.8. The number of carboxylic acid groups (broad SMARTS) is 1. The Morgan fingerprint density at radius 1 is 1.05 bits per heavy atom. The summed E-state index contributed by atoms with van der Waals surface area (Å²) in [6.45, 7) is 0.525. The third kappa shape index (κ3) is 6.04. The molecule has 0 spiro atoms. The van der Waals surface area contributed by atoms with Crippen LogP contribution >= 0.6 is 0 Å². The van der Waals surface area contributed by atoms with Crippen LogP contribution in [0.2, 0.25) is 0 Å². The topological polar surface area (TPSA) is 164 Å². The Morgan fingerprint density at radius 3 is 2.59 bits per heavy atom. The summed E-state index contributed by atoms with van der Waals surface area (Å²) in [6, 6.07) is 10.2. The first-order valence-corrected chi connectivity index (χ1v) is 11.4. The minimum absolute atomic E-state index is 0.0821. The van der Waals surface area contributed by atoms with E-state index in [1.807, 2.05) is 0 Å². The molecule has 1 aromatic heterocycles. The third-order valence-electron chi connectivity index (χ3n) is 5.58. The lowest BCUT2D eigenvalue weighted by atomic mass is 10.0. The van der Waals surface area contributed by atoms with Crippen LogP contribution in [0, 0.1) is 0 Å². The van der Waals surface area contributed by atoms with Crippen molar-refractivity contribution in [2.75, 3.05) is 37.9 Å². The lowest BCUT2D eigenvalue weighted by molar-refractivity contribution is -0.115. The largest absolute Gasteiger partial charge is 0.493 e. The summed E-state index contributed by atoms with van der Waals surface area (Å²) in [5.41, 5.74) is 3.30. The number of carbonyl (C=O) groups excluding carboxylic acids is 2. The van der Waals surface area contributed by atoms with Crippen LogP contribution in [0.15, 0.2) is 42.6 Å². The van der Waals surface area contributed by atoms with Crippen LogP contribution in [0.5, 0.6) is 11.5 Å². The van der Waals surface area contributed by atoms with E-state index in [2.05, 4.69) is 31.2 Å². The summed E-state index contributed by atoms with van der Waals surface area (Å²) in [5.74, 6) is 0.877. The van der Waals surface area contributed by atoms with E-state index < -0.39 is 6.09 Å². The van der Waals surface area contributed by atoms with Crippen LogP contribution in [0.25, 0.3) is 11.3 Å². The molecule has 2 heterocycles. The molecule has 1 aliphatic heterocycles. The van der Waals surface area contributed by atoms with Crippen LogP contribution in [0.4, 0.5) is 22.1 Å². The minimum atomic E-state index is -1.11. The summed E-state index contributed by atoms with van der Waals surface area (Å²) in [5, 5.41) is 19.6. The Morgan fingerprint density at radius 2 is 1.84 bits per heavy atom. The number of methoxy groups -OCH3 is 2. The van der Waals surface area contributed by atoms with Crippen molar-refractivity contribution in [3.05, 3.63) is 53.7 Å². The molecule has 0 radical (unpaired) electrons. The van der Waals surface area contributed by atoms with Crippen molar-refractivity contribution in [3.63, 3.8) is 0 Å². The second kappa shape index (κ2) is 11.2. The van der Waals surface area contributed by atoms with E-state index in [1.165, 1.54) is 0 Å². The molecule has 12 nitrogen and oxygen atoms in total. The highest BCUT2D eigenvalue weighted by molar-refractivity contribution is 6.03. The number of carbonyl (C=O) groups is 3. The first kappa shape index (κ1) is 25.2. The SMILES string of the molecule is COc1ccc(Nc2ncc3c(n2)-c2cc(C(=O)NCCCNC(=O)O)ccc2NC(=O)C3)cc1OC. The van der Waals surface area contributed by atoms with Gasteiger partial charge >= 0.3 is 6.09 Å². The number of benzene rings is 2. The van der Waals surface area contributed by atoms with Gasteiger partial charge in [0.25, 0.3) is 5.91 Å². The standard InChI is InChI=1S/C25H26N6O6/c1-36-19-7-5-16(12-20(19)37-2)29-24-28-13-15-11-21(32)30-18-6-4-14(10-17(18)22(15)31-24)23(33)26-8-3-9-27-25(34)35/h4-7,10,12-13,27H,3,8-9,11H2,1-2H3,(H,26,33)(H,30,32)(H,34,35)(H,28,29,31). The average Bonchev–Trinajstić information content (AvgIpc) is 3.02. The quantitative estimate of drug-likeness (QED) is 0.275. The van der Waals surface area contributed by atoms with E-state index in [4.69, 9.17) is 14.6 Å². The van der Waals surface area contributed by atoms with Gasteiger partial charge in [0.2, 0.25) is 11.9 Å². The number of ether oxygens (including phenoxy) is 2. The van der Waals surface area contributed by atoms with Gasteiger partial charge in [0.1, 0.15) is 0 Å². The van der Waals surface area contributed by atoms with Gasteiger partial charge in [-0.05, 0) is 36.8 Å². The predicted octanol–water partition coefficient (Wildman–Crippen LogP) is 2.79. The number of hydrogen-bond donors (Lipinski definition) is 5. The Hall–Kier alpha value is -4.87. The van der Waals surface area contributed by atoms with Crippen molar-refractivity contribution >= 4 is 35.2 Å². The highest BCUT2D eigenvalue weighted by Gasteiger charge is 2.22. The zero-order valence-corrected chi connectivity index (χ0v) is 20.3. The van der Waals surface area contributed by atoms with Gasteiger partial charge in [-0.2, -0.15) is 0 Å². The van der Waals surface area contributed by atoms with Gasteiger partial charge in [0.15, 0.2) is 11.5 Å². The second-order valence-electron chi connectivity index (χ2n) is 8.09. The van der Waals surface area contributed by atoms with Crippen molar-refractivity contribution in [1.82, 2.24) is 20.6 Å². The average molecular weight is 507 g/mol. The number of nitrogens with one attached hydrogen (secondary N) is 4. The molecule has 2 aromatic carbocycles. The molecule has 0 atom stereocenters. The van der Waals surface area contributed by atoms with Gasteiger partial charge in [-0.15, -0.1) is 0 Å². The summed E-state index contributed by atoms with van der Waals surface area (Å²) >= 11 is 0. The second-order valence-corrected chi connectivity index (χ2v) is 8.09. The van der Waals surface area contributed by atoms with Gasteiger partial charge in [0.05, 0.1) is 32.0 Å². The molecular formula is C25H26N6O6. The van der Waals surface area contributed by atoms with Crippen LogP contribution in [-0.4, -0.2) is 60.3 Å². The summed E-state index contributed by atoms with van der Waals surface area (Å²) < 4.78 is 10.6. The van der Waals surface area contributed by atoms with E-state index in [0.717, 1.165) is 0 Å². The monoisotopic (exact) mass is 506 g/mol. The van der Waals surface area contributed by atoms with Crippen LogP contribution in [0.1, 0.15) is 22.3 Å². The van der Waals surface area contributed by atoms with E-state index in [-0.39, 0.29) is 24.8 Å². The lowest BCUT2D eigenvalue weighted by Crippen LogP contribution is -2.29. The zero-order valence-electron chi connectivity index (χ0n) is 20.3. The summed E-state index contributed by atoms with van der Waals surface area (Å²) in [4.78, 5) is 44.7. The molecular weight excluding hydrogens is 480 g/mol. The zero-order chi connectivity index (χ0) is 26.4. The Kier molecular flexibility index (Phi) is 7.67. The summed E-state index contributed by atoms with van der Waals surface area (Å²) in [7, 11) is 3.10. The van der Waals surface area contributed by atoms with Crippen molar-refractivity contribution < 1.29 is 29.0 Å². The molecule has 5 N–H and O–H groups in total. The molecule has 12 heteroatoms. The van der Waals surface area contributed by atoms with Crippen molar-refractivity contribution in [1.29, 1.82) is 0 Å². The van der Waals surface area contributed by atoms with E-state index in [9.17, 15) is 14.4 Å². The van der Waals surface area contributed by atoms with Gasteiger partial charge in [-0.1, -0.05) is 0 Å². The molecule has 1 aliphatic rings. The summed E-state index contributed by atoms with van der Waals surface area (Å²) in [6.07, 6.45) is 1.00. The molecule has 0 fully saturated rings. The third-order valence-corrected chi connectivity index (χ3v) is 5.58. The lowest BCUT2D eigenvalue weighted by Gasteiger charge is -2.13. The molecule has 37 heavy (non-hydrogen) atoms. The van der Waals surface area contributed by atoms with Crippen molar-refractivity contribution in [3.8, 4) is 22.8 Å². The molecule has 0 aliphatic carbocycles. The van der Waals surface area contributed by atoms with Gasteiger partial charge in [-0.25, -0.2) is 14.8 Å². The maximum Gasteiger partial charge on any atom is 0.404 e. The van der Waals surface area contributed by atoms with Crippen molar-refractivity contribution in [2.24, 2.45) is 0 Å². The molecule has 3 aromatic rings. The molecule has 0 unspecified atom stereocenters. The number of amides is 3. The fourth-order valence-electron chi connectivity index (χ4n) is 3.82. The number of aromatic nitrogens is 2. The molecule has 4 rings (SSSR count). The molecule has 0 bridgehead atoms. The van der Waals surface area contributed by atoms with Crippen molar-refractivity contribution in [2.45, 2.75) is 12.8 Å². The van der Waals surface area contributed by atoms with Gasteiger partial charge in [0, 0.05) is 47.7 Å². The van der Waals surface area contributed by atoms with Crippen LogP contribution in [-0.2, 0) is 11.2 Å². The smallest absolute Gasteiger partial charge is 0.404 e. The Balaban J connectivity index is 1.59. The molecule has 3 amide bonds. The fraction of sp³-hybridized carbons (Fsp3) is 0.240. The fourth-order valence-corrected chi connectivity index (χ4v) is 3.82. The van der Waals surface area contributed by atoms with Crippen LogP contribution < -0.4 is 30.7 Å². The number of rotatable bonds is 9.